The van der Waals surface area contributed by atoms with Gasteiger partial charge in [-0.25, -0.2) is 4.79 Å². The van der Waals surface area contributed by atoms with Crippen molar-refractivity contribution in [2.75, 3.05) is 6.54 Å². The molecule has 0 radical (unpaired) electrons. The second-order valence-electron chi connectivity index (χ2n) is 3.84. The molecule has 104 valence electrons. The first-order chi connectivity index (χ1) is 8.86. The quantitative estimate of drug-likeness (QED) is 0.600. The number of nitro groups is 1. The summed E-state index contributed by atoms with van der Waals surface area (Å²) in [7, 11) is 0. The number of hydrogen-bond donors (Lipinski definition) is 2. The van der Waals surface area contributed by atoms with Gasteiger partial charge in [-0.3, -0.25) is 24.9 Å². The van der Waals surface area contributed by atoms with Gasteiger partial charge in [-0.05, 0) is 20.8 Å². The van der Waals surface area contributed by atoms with Crippen molar-refractivity contribution >= 4 is 17.6 Å². The van der Waals surface area contributed by atoms with Gasteiger partial charge in [0.2, 0.25) is 5.91 Å². The van der Waals surface area contributed by atoms with Gasteiger partial charge in [0.15, 0.2) is 0 Å². The first-order valence-corrected chi connectivity index (χ1v) is 5.62. The number of carbonyl (C=O) groups is 2. The van der Waals surface area contributed by atoms with Crippen molar-refractivity contribution in [3.05, 3.63) is 21.5 Å². The van der Waals surface area contributed by atoms with Gasteiger partial charge in [0.05, 0.1) is 4.92 Å². The maximum absolute atomic E-state index is 11.5. The van der Waals surface area contributed by atoms with Crippen LogP contribution in [-0.4, -0.2) is 33.2 Å². The summed E-state index contributed by atoms with van der Waals surface area (Å²) >= 11 is 0. The molecule has 9 heteroatoms. The van der Waals surface area contributed by atoms with Crippen molar-refractivity contribution in [1.29, 1.82) is 0 Å². The predicted molar refractivity (Wildman–Crippen MR) is 65.6 cm³/mol. The molecule has 19 heavy (non-hydrogen) atoms. The summed E-state index contributed by atoms with van der Waals surface area (Å²) in [5, 5.41) is 19.2. The summed E-state index contributed by atoms with van der Waals surface area (Å²) in [4.78, 5) is 32.9. The molecule has 1 aromatic rings. The topological polar surface area (TPSA) is 119 Å². The van der Waals surface area contributed by atoms with Gasteiger partial charge >= 0.3 is 11.7 Å². The second kappa shape index (κ2) is 5.94. The third-order valence-corrected chi connectivity index (χ3v) is 2.41. The molecule has 2 N–H and O–H groups in total. The van der Waals surface area contributed by atoms with Crippen LogP contribution in [-0.2, 0) is 11.3 Å². The van der Waals surface area contributed by atoms with Crippen LogP contribution in [0.3, 0.4) is 0 Å². The van der Waals surface area contributed by atoms with E-state index in [1.54, 1.807) is 6.92 Å². The maximum atomic E-state index is 11.5. The van der Waals surface area contributed by atoms with Gasteiger partial charge in [0.25, 0.3) is 0 Å². The highest BCUT2D eigenvalue weighted by molar-refractivity contribution is 5.94. The van der Waals surface area contributed by atoms with Crippen molar-refractivity contribution in [2.45, 2.75) is 27.3 Å². The molecule has 0 aromatic carbocycles. The fourth-order valence-electron chi connectivity index (χ4n) is 1.61. The summed E-state index contributed by atoms with van der Waals surface area (Å²) in [5.41, 5.74) is 0.382. The molecular weight excluding hydrogens is 254 g/mol. The Morgan fingerprint density at radius 1 is 1.42 bits per heavy atom. The Balaban J connectivity index is 2.78. The molecule has 3 amide bonds. The van der Waals surface area contributed by atoms with E-state index in [1.165, 1.54) is 18.5 Å². The van der Waals surface area contributed by atoms with Crippen LogP contribution >= 0.6 is 0 Å². The second-order valence-corrected chi connectivity index (χ2v) is 3.84. The molecule has 0 spiro atoms. The lowest BCUT2D eigenvalue weighted by molar-refractivity contribution is -0.386. The zero-order chi connectivity index (χ0) is 14.6. The van der Waals surface area contributed by atoms with Crippen LogP contribution in [0.25, 0.3) is 0 Å². The van der Waals surface area contributed by atoms with Crippen molar-refractivity contribution in [3.8, 4) is 0 Å². The van der Waals surface area contributed by atoms with E-state index in [0.717, 1.165) is 0 Å². The Bertz CT molecular complexity index is 522. The smallest absolute Gasteiger partial charge is 0.321 e. The number of imide groups is 1. The maximum Gasteiger partial charge on any atom is 0.321 e. The highest BCUT2D eigenvalue weighted by Crippen LogP contribution is 2.21. The van der Waals surface area contributed by atoms with Crippen LogP contribution in [0.4, 0.5) is 10.5 Å². The summed E-state index contributed by atoms with van der Waals surface area (Å²) < 4.78 is 1.20. The largest absolute Gasteiger partial charge is 0.338 e. The summed E-state index contributed by atoms with van der Waals surface area (Å²) in [6.07, 6.45) is 0. The number of hydrogen-bond acceptors (Lipinski definition) is 5. The molecule has 0 aliphatic rings. The fourth-order valence-corrected chi connectivity index (χ4v) is 1.61. The van der Waals surface area contributed by atoms with E-state index in [9.17, 15) is 19.7 Å². The number of aryl methyl sites for hydroxylation is 1. The Morgan fingerprint density at radius 2 is 2.05 bits per heavy atom. The minimum Gasteiger partial charge on any atom is -0.338 e. The van der Waals surface area contributed by atoms with Gasteiger partial charge in [-0.2, -0.15) is 5.10 Å². The van der Waals surface area contributed by atoms with Crippen LogP contribution in [0.5, 0.6) is 0 Å². The van der Waals surface area contributed by atoms with E-state index in [0.29, 0.717) is 6.54 Å². The van der Waals surface area contributed by atoms with Crippen molar-refractivity contribution < 1.29 is 14.5 Å². The van der Waals surface area contributed by atoms with E-state index in [4.69, 9.17) is 0 Å². The van der Waals surface area contributed by atoms with Crippen LogP contribution < -0.4 is 10.6 Å². The molecule has 0 saturated heterocycles. The fraction of sp³-hybridized carbons (Fsp3) is 0.500. The van der Waals surface area contributed by atoms with Gasteiger partial charge in [0.1, 0.15) is 17.9 Å². The van der Waals surface area contributed by atoms with E-state index in [-0.39, 0.29) is 23.6 Å². The van der Waals surface area contributed by atoms with Crippen LogP contribution in [0.15, 0.2) is 0 Å². The molecule has 0 fully saturated rings. The number of amides is 3. The van der Waals surface area contributed by atoms with E-state index >= 15 is 0 Å². The molecule has 1 aromatic heterocycles. The predicted octanol–water partition coefficient (Wildman–Crippen LogP) is 0.254. The molecule has 0 atom stereocenters. The van der Waals surface area contributed by atoms with Gasteiger partial charge in [-0.15, -0.1) is 0 Å². The Kier molecular flexibility index (Phi) is 4.56. The highest BCUT2D eigenvalue weighted by atomic mass is 16.6. The average molecular weight is 269 g/mol. The number of carbonyl (C=O) groups excluding carboxylic acids is 2. The van der Waals surface area contributed by atoms with Gasteiger partial charge in [-0.1, -0.05) is 0 Å². The van der Waals surface area contributed by atoms with E-state index in [2.05, 4.69) is 15.7 Å². The monoisotopic (exact) mass is 269 g/mol. The number of aromatic nitrogens is 2. The zero-order valence-electron chi connectivity index (χ0n) is 10.9. The number of urea groups is 1. The number of nitrogens with one attached hydrogen (secondary N) is 2. The molecule has 0 unspecified atom stereocenters. The van der Waals surface area contributed by atoms with Crippen LogP contribution in [0.2, 0.25) is 0 Å². The lowest BCUT2D eigenvalue weighted by Gasteiger charge is -2.05. The molecule has 0 aliphatic heterocycles. The Labute approximate surface area is 109 Å². The van der Waals surface area contributed by atoms with Gasteiger partial charge < -0.3 is 5.32 Å². The molecule has 0 aliphatic carbocycles. The first kappa shape index (κ1) is 14.6. The lowest BCUT2D eigenvalue weighted by atomic mass is 10.3. The lowest BCUT2D eigenvalue weighted by Crippen LogP contribution is -2.41. The van der Waals surface area contributed by atoms with E-state index < -0.39 is 16.9 Å². The highest BCUT2D eigenvalue weighted by Gasteiger charge is 2.22. The Hall–Kier alpha value is -2.45. The minimum atomic E-state index is -0.608. The summed E-state index contributed by atoms with van der Waals surface area (Å²) in [6.45, 7) is 4.84. The number of nitrogens with zero attached hydrogens (tertiary/aromatic N) is 3. The minimum absolute atomic E-state index is 0.120. The van der Waals surface area contributed by atoms with Crippen molar-refractivity contribution in [1.82, 2.24) is 20.4 Å². The number of rotatable bonds is 4. The summed E-state index contributed by atoms with van der Waals surface area (Å²) in [6, 6.07) is -0.608. The molecule has 0 bridgehead atoms. The third-order valence-electron chi connectivity index (χ3n) is 2.41. The zero-order valence-corrected chi connectivity index (χ0v) is 10.9. The third kappa shape index (κ3) is 3.50. The van der Waals surface area contributed by atoms with Crippen molar-refractivity contribution in [2.24, 2.45) is 0 Å². The SMILES string of the molecule is CCNC(=O)NC(=O)Cn1nc(C)c([N+](=O)[O-])c1C. The standard InChI is InChI=1S/C10H15N5O4/c1-4-11-10(17)12-8(16)5-14-7(3)9(15(18)19)6(2)13-14/h4-5H2,1-3H3,(H2,11,12,16,17). The first-order valence-electron chi connectivity index (χ1n) is 5.62. The molecule has 9 nitrogen and oxygen atoms in total. The molecule has 1 rings (SSSR count). The van der Waals surface area contributed by atoms with Crippen molar-refractivity contribution in [3.63, 3.8) is 0 Å². The summed E-state index contributed by atoms with van der Waals surface area (Å²) in [5.74, 6) is -0.591. The molecular formula is C10H15N5O4. The molecule has 0 saturated carbocycles. The van der Waals surface area contributed by atoms with E-state index in [1.807, 2.05) is 0 Å². The van der Waals surface area contributed by atoms with Gasteiger partial charge in [0, 0.05) is 6.54 Å². The normalized spacial score (nSPS) is 10.1. The average Bonchev–Trinajstić information content (AvgIpc) is 2.53. The van der Waals surface area contributed by atoms with Crippen LogP contribution in [0.1, 0.15) is 18.3 Å². The van der Waals surface area contributed by atoms with Crippen LogP contribution in [0, 0.1) is 24.0 Å². The molecule has 1 heterocycles. The Morgan fingerprint density at radius 3 is 2.53 bits per heavy atom.